The summed E-state index contributed by atoms with van der Waals surface area (Å²) in [5.41, 5.74) is 0.468. The molecule has 0 aliphatic heterocycles. The Morgan fingerprint density at radius 1 is 1.40 bits per heavy atom. The fourth-order valence-electron chi connectivity index (χ4n) is 1.22. The van der Waals surface area contributed by atoms with E-state index in [2.05, 4.69) is 10.1 Å². The molecule has 78 valence electrons. The van der Waals surface area contributed by atoms with Crippen molar-refractivity contribution in [2.45, 2.75) is 6.92 Å². The van der Waals surface area contributed by atoms with Crippen molar-refractivity contribution in [1.82, 2.24) is 10.1 Å². The van der Waals surface area contributed by atoms with Gasteiger partial charge in [0.25, 0.3) is 5.89 Å². The predicted octanol–water partition coefficient (Wildman–Crippen LogP) is 1.76. The number of nitrogens with zero attached hydrogens (tertiary/aromatic N) is 2. The van der Waals surface area contributed by atoms with Gasteiger partial charge in [0, 0.05) is 0 Å². The van der Waals surface area contributed by atoms with Crippen LogP contribution in [-0.4, -0.2) is 22.4 Å². The summed E-state index contributed by atoms with van der Waals surface area (Å²) >= 11 is 0. The average Bonchev–Trinajstić information content (AvgIpc) is 2.65. The number of aryl methyl sites for hydroxylation is 1. The molecule has 1 aromatic carbocycles. The van der Waals surface area contributed by atoms with E-state index in [-0.39, 0.29) is 11.6 Å². The van der Waals surface area contributed by atoms with Crippen molar-refractivity contribution in [3.8, 4) is 23.0 Å². The highest BCUT2D eigenvalue weighted by molar-refractivity contribution is 5.64. The van der Waals surface area contributed by atoms with Crippen LogP contribution in [0, 0.1) is 6.92 Å². The largest absolute Gasteiger partial charge is 0.507 e. The fourth-order valence-corrected chi connectivity index (χ4v) is 1.22. The second kappa shape index (κ2) is 3.61. The summed E-state index contributed by atoms with van der Waals surface area (Å²) in [5.74, 6) is 1.51. The topological polar surface area (TPSA) is 68.4 Å². The van der Waals surface area contributed by atoms with E-state index in [1.165, 1.54) is 6.07 Å². The molecule has 0 amide bonds. The molecule has 15 heavy (non-hydrogen) atoms. The van der Waals surface area contributed by atoms with Gasteiger partial charge in [0.05, 0.1) is 12.7 Å². The first-order valence-corrected chi connectivity index (χ1v) is 4.38. The Hall–Kier alpha value is -2.04. The Bertz CT molecular complexity index is 479. The Labute approximate surface area is 86.3 Å². The molecule has 0 spiro atoms. The van der Waals surface area contributed by atoms with E-state index in [1.54, 1.807) is 26.2 Å². The number of aromatic hydroxyl groups is 1. The van der Waals surface area contributed by atoms with Crippen LogP contribution in [-0.2, 0) is 0 Å². The van der Waals surface area contributed by atoms with Crippen LogP contribution in [0.15, 0.2) is 22.7 Å². The van der Waals surface area contributed by atoms with Crippen LogP contribution < -0.4 is 4.74 Å². The van der Waals surface area contributed by atoms with Crippen molar-refractivity contribution in [1.29, 1.82) is 0 Å². The lowest BCUT2D eigenvalue weighted by atomic mass is 10.2. The molecule has 0 radical (unpaired) electrons. The van der Waals surface area contributed by atoms with Crippen LogP contribution in [0.1, 0.15) is 5.82 Å². The molecule has 2 aromatic rings. The molecular formula is C10H10N2O3. The normalized spacial score (nSPS) is 10.3. The number of rotatable bonds is 2. The van der Waals surface area contributed by atoms with E-state index in [9.17, 15) is 5.11 Å². The van der Waals surface area contributed by atoms with E-state index in [0.29, 0.717) is 17.1 Å². The summed E-state index contributed by atoms with van der Waals surface area (Å²) in [6.45, 7) is 1.71. The summed E-state index contributed by atoms with van der Waals surface area (Å²) in [5, 5.41) is 13.3. The lowest BCUT2D eigenvalue weighted by Crippen LogP contribution is -1.85. The molecule has 0 aliphatic rings. The van der Waals surface area contributed by atoms with E-state index in [0.717, 1.165) is 0 Å². The highest BCUT2D eigenvalue weighted by atomic mass is 16.5. The summed E-state index contributed by atoms with van der Waals surface area (Å²) < 4.78 is 9.99. The number of phenols is 1. The molecule has 0 bridgehead atoms. The maximum atomic E-state index is 9.61. The number of hydrogen-bond acceptors (Lipinski definition) is 5. The smallest absolute Gasteiger partial charge is 0.261 e. The monoisotopic (exact) mass is 206 g/mol. The van der Waals surface area contributed by atoms with Gasteiger partial charge < -0.3 is 14.4 Å². The average molecular weight is 206 g/mol. The maximum Gasteiger partial charge on any atom is 0.261 e. The lowest BCUT2D eigenvalue weighted by Gasteiger charge is -2.02. The van der Waals surface area contributed by atoms with Gasteiger partial charge in [-0.05, 0) is 25.1 Å². The lowest BCUT2D eigenvalue weighted by molar-refractivity contribution is 0.407. The minimum Gasteiger partial charge on any atom is -0.507 e. The molecule has 2 rings (SSSR count). The van der Waals surface area contributed by atoms with Crippen LogP contribution in [0.4, 0.5) is 0 Å². The van der Waals surface area contributed by atoms with Crippen LogP contribution >= 0.6 is 0 Å². The van der Waals surface area contributed by atoms with Gasteiger partial charge in [-0.2, -0.15) is 4.98 Å². The standard InChI is InChI=1S/C10H10N2O3/c1-6-11-10(15-12-6)8-5-7(14-2)3-4-9(8)13/h3-5,13H,1-2H3. The van der Waals surface area contributed by atoms with Crippen molar-refractivity contribution in [3.63, 3.8) is 0 Å². The number of phenolic OH excluding ortho intramolecular Hbond substituents is 1. The first-order chi connectivity index (χ1) is 7.20. The van der Waals surface area contributed by atoms with E-state index in [1.807, 2.05) is 0 Å². The molecule has 0 fully saturated rings. The first-order valence-electron chi connectivity index (χ1n) is 4.38. The molecule has 0 atom stereocenters. The summed E-state index contributed by atoms with van der Waals surface area (Å²) in [6, 6.07) is 4.82. The zero-order valence-electron chi connectivity index (χ0n) is 8.39. The number of methoxy groups -OCH3 is 1. The van der Waals surface area contributed by atoms with Crippen molar-refractivity contribution in [2.24, 2.45) is 0 Å². The van der Waals surface area contributed by atoms with Gasteiger partial charge in [0.1, 0.15) is 11.5 Å². The molecule has 0 saturated heterocycles. The minimum absolute atomic E-state index is 0.0828. The molecule has 0 aliphatic carbocycles. The van der Waals surface area contributed by atoms with Crippen molar-refractivity contribution >= 4 is 0 Å². The third-order valence-electron chi connectivity index (χ3n) is 1.96. The summed E-state index contributed by atoms with van der Waals surface area (Å²) in [6.07, 6.45) is 0. The third kappa shape index (κ3) is 1.76. The number of benzene rings is 1. The van der Waals surface area contributed by atoms with Crippen LogP contribution in [0.3, 0.4) is 0 Å². The second-order valence-electron chi connectivity index (χ2n) is 3.03. The van der Waals surface area contributed by atoms with Crippen molar-refractivity contribution in [2.75, 3.05) is 7.11 Å². The first kappa shape index (κ1) is 9.51. The molecule has 1 aromatic heterocycles. The summed E-state index contributed by atoms with van der Waals surface area (Å²) in [4.78, 5) is 4.02. The highest BCUT2D eigenvalue weighted by Crippen LogP contribution is 2.31. The molecular weight excluding hydrogens is 196 g/mol. The van der Waals surface area contributed by atoms with Gasteiger partial charge in [0.15, 0.2) is 5.82 Å². The number of hydrogen-bond donors (Lipinski definition) is 1. The number of aromatic nitrogens is 2. The van der Waals surface area contributed by atoms with Crippen molar-refractivity contribution < 1.29 is 14.4 Å². The molecule has 0 saturated carbocycles. The second-order valence-corrected chi connectivity index (χ2v) is 3.03. The molecule has 1 N–H and O–H groups in total. The predicted molar refractivity (Wildman–Crippen MR) is 52.7 cm³/mol. The Morgan fingerprint density at radius 2 is 2.20 bits per heavy atom. The van der Waals surface area contributed by atoms with Crippen LogP contribution in [0.2, 0.25) is 0 Å². The zero-order valence-corrected chi connectivity index (χ0v) is 8.39. The van der Waals surface area contributed by atoms with Crippen molar-refractivity contribution in [3.05, 3.63) is 24.0 Å². The van der Waals surface area contributed by atoms with Gasteiger partial charge >= 0.3 is 0 Å². The maximum absolute atomic E-state index is 9.61. The van der Waals surface area contributed by atoms with Gasteiger partial charge in [0.2, 0.25) is 0 Å². The molecule has 5 heteroatoms. The Balaban J connectivity index is 2.51. The quantitative estimate of drug-likeness (QED) is 0.810. The van der Waals surface area contributed by atoms with Gasteiger partial charge in [-0.15, -0.1) is 0 Å². The Morgan fingerprint density at radius 3 is 2.80 bits per heavy atom. The van der Waals surface area contributed by atoms with Crippen LogP contribution in [0.5, 0.6) is 11.5 Å². The van der Waals surface area contributed by atoms with Gasteiger partial charge in [-0.3, -0.25) is 0 Å². The third-order valence-corrected chi connectivity index (χ3v) is 1.96. The van der Waals surface area contributed by atoms with Gasteiger partial charge in [-0.25, -0.2) is 0 Å². The molecule has 0 unspecified atom stereocenters. The van der Waals surface area contributed by atoms with E-state index in [4.69, 9.17) is 9.26 Å². The fraction of sp³-hybridized carbons (Fsp3) is 0.200. The number of ether oxygens (including phenoxy) is 1. The minimum atomic E-state index is 0.0828. The zero-order chi connectivity index (χ0) is 10.8. The molecule has 1 heterocycles. The Kier molecular flexibility index (Phi) is 2.29. The van der Waals surface area contributed by atoms with Crippen LogP contribution in [0.25, 0.3) is 11.5 Å². The van der Waals surface area contributed by atoms with Gasteiger partial charge in [-0.1, -0.05) is 5.16 Å². The summed E-state index contributed by atoms with van der Waals surface area (Å²) in [7, 11) is 1.55. The van der Waals surface area contributed by atoms with E-state index < -0.39 is 0 Å². The SMILES string of the molecule is COc1ccc(O)c(-c2nc(C)no2)c1. The van der Waals surface area contributed by atoms with E-state index >= 15 is 0 Å². The highest BCUT2D eigenvalue weighted by Gasteiger charge is 2.12. The molecule has 5 nitrogen and oxygen atoms in total.